The Bertz CT molecular complexity index is 1580. The summed E-state index contributed by atoms with van der Waals surface area (Å²) in [4.78, 5) is 0. The second-order valence-corrected chi connectivity index (χ2v) is 9.05. The smallest absolute Gasteiger partial charge is 0.0619 e. The summed E-state index contributed by atoms with van der Waals surface area (Å²) >= 11 is 0. The van der Waals surface area contributed by atoms with Gasteiger partial charge in [-0.2, -0.15) is 0 Å². The number of aryl methyl sites for hydroxylation is 1. The van der Waals surface area contributed by atoms with Crippen LogP contribution in [0.1, 0.15) is 38.9 Å². The molecule has 0 heterocycles. The Morgan fingerprint density at radius 1 is 0.469 bits per heavy atom. The normalized spacial score (nSPS) is 17.5. The van der Waals surface area contributed by atoms with Crippen molar-refractivity contribution in [3.63, 3.8) is 0 Å². The van der Waals surface area contributed by atoms with Crippen LogP contribution >= 0.6 is 0 Å². The number of fused-ring (bicyclic) bond motifs is 10. The number of rotatable bonds is 0. The van der Waals surface area contributed by atoms with Gasteiger partial charge >= 0.3 is 0 Å². The van der Waals surface area contributed by atoms with E-state index in [0.717, 1.165) is 0 Å². The molecule has 2 aliphatic rings. The lowest BCUT2D eigenvalue weighted by Gasteiger charge is -2.35. The van der Waals surface area contributed by atoms with Crippen molar-refractivity contribution in [3.8, 4) is 11.1 Å². The van der Waals surface area contributed by atoms with Crippen LogP contribution in [0, 0.1) is 6.92 Å². The molecule has 1 unspecified atom stereocenters. The van der Waals surface area contributed by atoms with E-state index in [1.807, 2.05) is 0 Å². The first-order valence-corrected chi connectivity index (χ1v) is 11.3. The van der Waals surface area contributed by atoms with Crippen molar-refractivity contribution in [3.05, 3.63) is 142 Å². The molecule has 2 aliphatic carbocycles. The highest BCUT2D eigenvalue weighted by molar-refractivity contribution is 5.97. The van der Waals surface area contributed by atoms with Crippen molar-refractivity contribution < 1.29 is 0 Å². The lowest BCUT2D eigenvalue weighted by Crippen LogP contribution is -2.30. The Kier molecular flexibility index (Phi) is 3.50. The molecular weight excluding hydrogens is 384 g/mol. The van der Waals surface area contributed by atoms with Crippen LogP contribution < -0.4 is 0 Å². The van der Waals surface area contributed by atoms with E-state index in [-0.39, 0.29) is 5.41 Å². The molecule has 0 nitrogen and oxygen atoms in total. The number of hydrogen-bond acceptors (Lipinski definition) is 0. The highest BCUT2D eigenvalue weighted by Crippen LogP contribution is 2.59. The van der Waals surface area contributed by atoms with Gasteiger partial charge in [-0.3, -0.25) is 0 Å². The summed E-state index contributed by atoms with van der Waals surface area (Å²) in [5, 5.41) is 2.59. The molecule has 0 N–H and O–H groups in total. The molecule has 1 spiro atoms. The Hall–Kier alpha value is -3.90. The SMILES string of the molecule is Cc1ccc2c(c1)C=Cc1ccccc1C21c2ccccc2-c2cc3ccccc3cc21. The first kappa shape index (κ1) is 17.7. The van der Waals surface area contributed by atoms with Crippen LogP contribution in [0.2, 0.25) is 0 Å². The Morgan fingerprint density at radius 3 is 2.00 bits per heavy atom. The van der Waals surface area contributed by atoms with Gasteiger partial charge in [0.15, 0.2) is 0 Å². The summed E-state index contributed by atoms with van der Waals surface area (Å²) in [7, 11) is 0. The molecule has 0 fully saturated rings. The van der Waals surface area contributed by atoms with E-state index in [0.29, 0.717) is 0 Å². The molecule has 0 bridgehead atoms. The molecule has 150 valence electrons. The second kappa shape index (κ2) is 6.31. The molecule has 0 radical (unpaired) electrons. The van der Waals surface area contributed by atoms with Crippen molar-refractivity contribution in [2.24, 2.45) is 0 Å². The first-order valence-electron chi connectivity index (χ1n) is 11.3. The molecule has 0 amide bonds. The van der Waals surface area contributed by atoms with Gasteiger partial charge in [0.1, 0.15) is 0 Å². The summed E-state index contributed by atoms with van der Waals surface area (Å²) < 4.78 is 0. The van der Waals surface area contributed by atoms with E-state index >= 15 is 0 Å². The van der Waals surface area contributed by atoms with Crippen molar-refractivity contribution >= 4 is 22.9 Å². The van der Waals surface area contributed by atoms with Crippen LogP contribution in [0.25, 0.3) is 34.1 Å². The Balaban J connectivity index is 1.74. The summed E-state index contributed by atoms with van der Waals surface area (Å²) in [6.45, 7) is 2.18. The van der Waals surface area contributed by atoms with Crippen LogP contribution in [0.15, 0.2) is 103 Å². The quantitative estimate of drug-likeness (QED) is 0.239. The second-order valence-electron chi connectivity index (χ2n) is 9.05. The van der Waals surface area contributed by atoms with E-state index in [1.165, 1.54) is 60.8 Å². The molecule has 32 heavy (non-hydrogen) atoms. The topological polar surface area (TPSA) is 0 Å². The minimum Gasteiger partial charge on any atom is -0.0619 e. The molecule has 1 atom stereocenters. The fourth-order valence-corrected chi connectivity index (χ4v) is 6.01. The zero-order chi connectivity index (χ0) is 21.3. The predicted molar refractivity (Wildman–Crippen MR) is 135 cm³/mol. The van der Waals surface area contributed by atoms with Crippen LogP contribution in [-0.2, 0) is 5.41 Å². The van der Waals surface area contributed by atoms with Gasteiger partial charge in [0, 0.05) is 0 Å². The molecule has 0 saturated carbocycles. The van der Waals surface area contributed by atoms with Crippen LogP contribution in [0.4, 0.5) is 0 Å². The van der Waals surface area contributed by atoms with Gasteiger partial charge in [0.05, 0.1) is 5.41 Å². The average Bonchev–Trinajstić information content (AvgIpc) is 3.02. The summed E-state index contributed by atoms with van der Waals surface area (Å²) in [5.41, 5.74) is 11.7. The summed E-state index contributed by atoms with van der Waals surface area (Å²) in [6.07, 6.45) is 4.60. The van der Waals surface area contributed by atoms with Gasteiger partial charge in [-0.25, -0.2) is 0 Å². The van der Waals surface area contributed by atoms with Gasteiger partial charge in [0.2, 0.25) is 0 Å². The number of hydrogen-bond donors (Lipinski definition) is 0. The third-order valence-electron chi connectivity index (χ3n) is 7.33. The van der Waals surface area contributed by atoms with Crippen LogP contribution in [0.3, 0.4) is 0 Å². The monoisotopic (exact) mass is 406 g/mol. The third kappa shape index (κ3) is 2.17. The maximum atomic E-state index is 2.44. The molecule has 0 aliphatic heterocycles. The zero-order valence-electron chi connectivity index (χ0n) is 18.0. The average molecular weight is 407 g/mol. The fourth-order valence-electron chi connectivity index (χ4n) is 6.01. The third-order valence-corrected chi connectivity index (χ3v) is 7.33. The minimum atomic E-state index is -0.334. The predicted octanol–water partition coefficient (Wildman–Crippen LogP) is 8.00. The van der Waals surface area contributed by atoms with Crippen molar-refractivity contribution in [1.82, 2.24) is 0 Å². The standard InChI is InChI=1S/C32H22/c1-21-14-17-29-25(18-21)16-15-22-8-4-6-12-28(22)32(29)30-13-7-5-11-26(30)27-19-23-9-2-3-10-24(23)20-31(27)32/h2-20H,1H3. The van der Waals surface area contributed by atoms with Gasteiger partial charge in [-0.1, -0.05) is 109 Å². The van der Waals surface area contributed by atoms with E-state index < -0.39 is 0 Å². The van der Waals surface area contributed by atoms with Crippen LogP contribution in [0.5, 0.6) is 0 Å². The van der Waals surface area contributed by atoms with E-state index in [9.17, 15) is 0 Å². The minimum absolute atomic E-state index is 0.334. The van der Waals surface area contributed by atoms with Crippen molar-refractivity contribution in [2.45, 2.75) is 12.3 Å². The van der Waals surface area contributed by atoms with E-state index in [2.05, 4.69) is 122 Å². The lowest BCUT2D eigenvalue weighted by molar-refractivity contribution is 0.767. The van der Waals surface area contributed by atoms with Crippen molar-refractivity contribution in [1.29, 1.82) is 0 Å². The molecular formula is C32H22. The fraction of sp³-hybridized carbons (Fsp3) is 0.0625. The highest BCUT2D eigenvalue weighted by Gasteiger charge is 2.48. The molecule has 0 heteroatoms. The van der Waals surface area contributed by atoms with Gasteiger partial charge in [-0.15, -0.1) is 0 Å². The molecule has 5 aromatic rings. The summed E-state index contributed by atoms with van der Waals surface area (Å²) in [5.74, 6) is 0. The van der Waals surface area contributed by atoms with Crippen LogP contribution in [-0.4, -0.2) is 0 Å². The molecule has 7 rings (SSSR count). The molecule has 0 saturated heterocycles. The zero-order valence-corrected chi connectivity index (χ0v) is 18.0. The largest absolute Gasteiger partial charge is 0.0725 e. The lowest BCUT2D eigenvalue weighted by atomic mass is 9.66. The molecule has 5 aromatic carbocycles. The van der Waals surface area contributed by atoms with Gasteiger partial charge in [0.25, 0.3) is 0 Å². The maximum absolute atomic E-state index is 2.44. The van der Waals surface area contributed by atoms with E-state index in [1.54, 1.807) is 0 Å². The first-order chi connectivity index (χ1) is 15.8. The van der Waals surface area contributed by atoms with Crippen molar-refractivity contribution in [2.75, 3.05) is 0 Å². The Morgan fingerprint density at radius 2 is 1.12 bits per heavy atom. The van der Waals surface area contributed by atoms with Gasteiger partial charge < -0.3 is 0 Å². The Labute approximate surface area is 188 Å². The maximum Gasteiger partial charge on any atom is 0.0725 e. The van der Waals surface area contributed by atoms with Gasteiger partial charge in [-0.05, 0) is 74.3 Å². The van der Waals surface area contributed by atoms with E-state index in [4.69, 9.17) is 0 Å². The summed E-state index contributed by atoms with van der Waals surface area (Å²) in [6, 6.07) is 38.5. The highest BCUT2D eigenvalue weighted by atomic mass is 14.5. The number of benzene rings is 5. The molecule has 0 aromatic heterocycles.